The second-order valence-electron chi connectivity index (χ2n) is 7.70. The predicted octanol–water partition coefficient (Wildman–Crippen LogP) is 1.69. The number of nitrogens with two attached hydrogens (primary N) is 1. The highest BCUT2D eigenvalue weighted by atomic mass is 16.6. The molecule has 0 aromatic heterocycles. The molecular weight excluding hydrogens is 334 g/mol. The molecule has 3 rings (SSSR count). The first kappa shape index (κ1) is 18.9. The lowest BCUT2D eigenvalue weighted by Gasteiger charge is -2.43. The molecule has 3 fully saturated rings. The predicted molar refractivity (Wildman–Crippen MR) is 99.1 cm³/mol. The molecule has 3 heterocycles. The Morgan fingerprint density at radius 3 is 2.69 bits per heavy atom. The number of amides is 3. The molecule has 1 spiro atoms. The van der Waals surface area contributed by atoms with Crippen LogP contribution in [-0.4, -0.2) is 71.6 Å². The van der Waals surface area contributed by atoms with Crippen molar-refractivity contribution in [3.8, 4) is 0 Å². The SMILES string of the molecule is CCC1NC(=O)OC12CCN(C1CCCN(C(=O)/N=C(/C)N)CC1)CC2. The third-order valence-corrected chi connectivity index (χ3v) is 6.03. The maximum Gasteiger partial charge on any atom is 0.408 e. The average molecular weight is 365 g/mol. The molecule has 2 unspecified atom stereocenters. The number of amidine groups is 1. The molecule has 3 saturated heterocycles. The van der Waals surface area contributed by atoms with E-state index in [1.165, 1.54) is 0 Å². The van der Waals surface area contributed by atoms with Crippen molar-refractivity contribution in [2.24, 2.45) is 10.7 Å². The molecule has 8 nitrogen and oxygen atoms in total. The van der Waals surface area contributed by atoms with Gasteiger partial charge in [0.25, 0.3) is 0 Å². The number of rotatable bonds is 2. The third kappa shape index (κ3) is 3.95. The first-order chi connectivity index (χ1) is 12.4. The molecule has 0 aliphatic carbocycles. The quantitative estimate of drug-likeness (QED) is 0.573. The zero-order valence-corrected chi connectivity index (χ0v) is 15.9. The number of nitrogens with one attached hydrogen (secondary N) is 1. The molecule has 3 aliphatic rings. The third-order valence-electron chi connectivity index (χ3n) is 6.03. The van der Waals surface area contributed by atoms with E-state index in [4.69, 9.17) is 10.5 Å². The molecular formula is C18H31N5O3. The van der Waals surface area contributed by atoms with Gasteiger partial charge in [-0.25, -0.2) is 9.59 Å². The van der Waals surface area contributed by atoms with Gasteiger partial charge in [0.15, 0.2) is 0 Å². The number of hydrogen-bond acceptors (Lipinski definition) is 4. The van der Waals surface area contributed by atoms with Crippen LogP contribution in [0, 0.1) is 0 Å². The van der Waals surface area contributed by atoms with Crippen LogP contribution in [-0.2, 0) is 4.74 Å². The van der Waals surface area contributed by atoms with Crippen LogP contribution in [0.15, 0.2) is 4.99 Å². The zero-order valence-electron chi connectivity index (χ0n) is 15.9. The van der Waals surface area contributed by atoms with E-state index in [1.54, 1.807) is 11.8 Å². The molecule has 2 atom stereocenters. The minimum absolute atomic E-state index is 0.122. The Bertz CT molecular complexity index is 567. The van der Waals surface area contributed by atoms with E-state index in [-0.39, 0.29) is 23.8 Å². The van der Waals surface area contributed by atoms with Crippen molar-refractivity contribution in [2.75, 3.05) is 26.2 Å². The molecule has 3 aliphatic heterocycles. The van der Waals surface area contributed by atoms with Gasteiger partial charge in [-0.15, -0.1) is 0 Å². The Hall–Kier alpha value is -1.83. The largest absolute Gasteiger partial charge is 0.441 e. The molecule has 26 heavy (non-hydrogen) atoms. The van der Waals surface area contributed by atoms with Crippen molar-refractivity contribution in [2.45, 2.75) is 70.1 Å². The number of piperidine rings is 1. The summed E-state index contributed by atoms with van der Waals surface area (Å²) in [6.45, 7) is 7.06. The Balaban J connectivity index is 1.54. The smallest absolute Gasteiger partial charge is 0.408 e. The number of urea groups is 1. The number of alkyl carbamates (subject to hydrolysis) is 1. The minimum atomic E-state index is -0.331. The molecule has 146 valence electrons. The maximum atomic E-state index is 12.1. The van der Waals surface area contributed by atoms with E-state index in [9.17, 15) is 9.59 Å². The van der Waals surface area contributed by atoms with Crippen molar-refractivity contribution < 1.29 is 14.3 Å². The molecule has 3 amide bonds. The number of carbonyl (C=O) groups excluding carboxylic acids is 2. The lowest BCUT2D eigenvalue weighted by molar-refractivity contribution is -0.0296. The van der Waals surface area contributed by atoms with Gasteiger partial charge in [0.2, 0.25) is 0 Å². The summed E-state index contributed by atoms with van der Waals surface area (Å²) in [6, 6.07) is 0.369. The van der Waals surface area contributed by atoms with Crippen molar-refractivity contribution in [3.63, 3.8) is 0 Å². The van der Waals surface area contributed by atoms with Crippen LogP contribution in [0.4, 0.5) is 9.59 Å². The number of carbonyl (C=O) groups is 2. The lowest BCUT2D eigenvalue weighted by Crippen LogP contribution is -2.53. The van der Waals surface area contributed by atoms with Gasteiger partial charge in [0.1, 0.15) is 11.4 Å². The highest BCUT2D eigenvalue weighted by Gasteiger charge is 2.50. The number of aliphatic imine (C=N–C) groups is 1. The van der Waals surface area contributed by atoms with Gasteiger partial charge in [-0.3, -0.25) is 0 Å². The van der Waals surface area contributed by atoms with Crippen LogP contribution in [0.25, 0.3) is 0 Å². The summed E-state index contributed by atoms with van der Waals surface area (Å²) in [5.41, 5.74) is 5.19. The van der Waals surface area contributed by atoms with Crippen LogP contribution in [0.2, 0.25) is 0 Å². The standard InChI is InChI=1S/C18H31N5O3/c1-3-15-18(26-17(25)21-15)7-11-22(12-8-18)14-5-4-9-23(10-6-14)16(24)20-13(2)19/h14-15H,3-12H2,1-2H3,(H,21,25)(H2,19,20,24). The molecule has 8 heteroatoms. The van der Waals surface area contributed by atoms with E-state index in [0.717, 1.165) is 64.7 Å². The van der Waals surface area contributed by atoms with E-state index < -0.39 is 0 Å². The van der Waals surface area contributed by atoms with Gasteiger partial charge in [0, 0.05) is 45.1 Å². The fourth-order valence-electron chi connectivity index (χ4n) is 4.61. The fourth-order valence-corrected chi connectivity index (χ4v) is 4.61. The highest BCUT2D eigenvalue weighted by molar-refractivity contribution is 5.91. The summed E-state index contributed by atoms with van der Waals surface area (Å²) >= 11 is 0. The molecule has 0 saturated carbocycles. The normalized spacial score (nSPS) is 30.0. The van der Waals surface area contributed by atoms with Crippen molar-refractivity contribution in [1.29, 1.82) is 0 Å². The maximum absolute atomic E-state index is 12.1. The average Bonchev–Trinajstić information content (AvgIpc) is 2.76. The monoisotopic (exact) mass is 365 g/mol. The molecule has 0 bridgehead atoms. The topological polar surface area (TPSA) is 100 Å². The molecule has 0 radical (unpaired) electrons. The number of hydrogen-bond donors (Lipinski definition) is 2. The first-order valence-corrected chi connectivity index (χ1v) is 9.77. The molecule has 0 aromatic carbocycles. The van der Waals surface area contributed by atoms with Gasteiger partial charge >= 0.3 is 12.1 Å². The Morgan fingerprint density at radius 2 is 2.04 bits per heavy atom. The molecule has 0 aromatic rings. The van der Waals surface area contributed by atoms with Gasteiger partial charge < -0.3 is 25.6 Å². The Kier molecular flexibility index (Phi) is 5.70. The number of ether oxygens (including phenoxy) is 1. The Labute approximate surface area is 155 Å². The summed E-state index contributed by atoms with van der Waals surface area (Å²) in [5.74, 6) is 0.308. The van der Waals surface area contributed by atoms with E-state index in [1.807, 2.05) is 0 Å². The van der Waals surface area contributed by atoms with Gasteiger partial charge in [0.05, 0.1) is 6.04 Å². The molecule has 3 N–H and O–H groups in total. The van der Waals surface area contributed by atoms with Crippen LogP contribution < -0.4 is 11.1 Å². The second kappa shape index (κ2) is 7.82. The van der Waals surface area contributed by atoms with E-state index >= 15 is 0 Å². The Morgan fingerprint density at radius 1 is 1.31 bits per heavy atom. The van der Waals surface area contributed by atoms with Crippen molar-refractivity contribution >= 4 is 18.0 Å². The number of nitrogens with zero attached hydrogens (tertiary/aromatic N) is 3. The minimum Gasteiger partial charge on any atom is -0.441 e. The van der Waals surface area contributed by atoms with Crippen LogP contribution in [0.5, 0.6) is 0 Å². The zero-order chi connectivity index (χ0) is 18.7. The van der Waals surface area contributed by atoms with Crippen molar-refractivity contribution in [1.82, 2.24) is 15.1 Å². The summed E-state index contributed by atoms with van der Waals surface area (Å²) in [6.07, 6.45) is 5.38. The summed E-state index contributed by atoms with van der Waals surface area (Å²) in [7, 11) is 0. The summed E-state index contributed by atoms with van der Waals surface area (Å²) < 4.78 is 5.68. The van der Waals surface area contributed by atoms with Gasteiger partial charge in [-0.1, -0.05) is 6.92 Å². The summed E-state index contributed by atoms with van der Waals surface area (Å²) in [4.78, 5) is 32.0. The number of likely N-dealkylation sites (tertiary alicyclic amines) is 2. The lowest BCUT2D eigenvalue weighted by atomic mass is 9.83. The van der Waals surface area contributed by atoms with Gasteiger partial charge in [-0.2, -0.15) is 4.99 Å². The van der Waals surface area contributed by atoms with Crippen molar-refractivity contribution in [3.05, 3.63) is 0 Å². The van der Waals surface area contributed by atoms with Gasteiger partial charge in [-0.05, 0) is 32.6 Å². The highest BCUT2D eigenvalue weighted by Crippen LogP contribution is 2.36. The van der Waals surface area contributed by atoms with E-state index in [2.05, 4.69) is 22.1 Å². The fraction of sp³-hybridized carbons (Fsp3) is 0.833. The van der Waals surface area contributed by atoms with Crippen LogP contribution in [0.3, 0.4) is 0 Å². The summed E-state index contributed by atoms with van der Waals surface area (Å²) in [5, 5.41) is 2.96. The van der Waals surface area contributed by atoms with Crippen LogP contribution >= 0.6 is 0 Å². The second-order valence-corrected chi connectivity index (χ2v) is 7.70. The van der Waals surface area contributed by atoms with Crippen LogP contribution in [0.1, 0.15) is 52.4 Å². The van der Waals surface area contributed by atoms with E-state index in [0.29, 0.717) is 11.9 Å². The first-order valence-electron chi connectivity index (χ1n) is 9.77.